The van der Waals surface area contributed by atoms with Crippen LogP contribution < -0.4 is 0 Å². The van der Waals surface area contributed by atoms with E-state index in [1.165, 1.54) is 26.6 Å². The minimum absolute atomic E-state index is 1.06. The molecule has 0 aliphatic rings. The summed E-state index contributed by atoms with van der Waals surface area (Å²) < 4.78 is 3.52. The summed E-state index contributed by atoms with van der Waals surface area (Å²) in [7, 11) is 2.13. The van der Waals surface area contributed by atoms with Crippen LogP contribution in [0.25, 0.3) is 10.9 Å². The highest BCUT2D eigenvalue weighted by Crippen LogP contribution is 2.30. The molecule has 1 nitrogen and oxygen atoms in total. The first-order valence-corrected chi connectivity index (χ1v) is 5.68. The van der Waals surface area contributed by atoms with Gasteiger partial charge in [-0.15, -0.1) is 0 Å². The Labute approximate surface area is 92.9 Å². The molecule has 0 saturated carbocycles. The second kappa shape index (κ2) is 3.43. The van der Waals surface area contributed by atoms with Crippen molar-refractivity contribution < 1.29 is 0 Å². The first-order chi connectivity index (χ1) is 6.65. The molecule has 2 heteroatoms. The Bertz CT molecular complexity index is 483. The summed E-state index contributed by atoms with van der Waals surface area (Å²) in [6, 6.07) is 6.58. The van der Waals surface area contributed by atoms with E-state index in [4.69, 9.17) is 0 Å². The van der Waals surface area contributed by atoms with E-state index in [1.807, 2.05) is 0 Å². The lowest BCUT2D eigenvalue weighted by Crippen LogP contribution is -1.94. The van der Waals surface area contributed by atoms with Crippen LogP contribution in [-0.2, 0) is 13.5 Å². The second-order valence-electron chi connectivity index (χ2n) is 3.69. The van der Waals surface area contributed by atoms with E-state index >= 15 is 0 Å². The number of rotatable bonds is 1. The fraction of sp³-hybridized carbons (Fsp3) is 0.333. The molecule has 0 amide bonds. The van der Waals surface area contributed by atoms with Crippen molar-refractivity contribution in [1.82, 2.24) is 4.57 Å². The molecule has 0 radical (unpaired) electrons. The average Bonchev–Trinajstić information content (AvgIpc) is 2.39. The molecule has 14 heavy (non-hydrogen) atoms. The minimum atomic E-state index is 1.06. The standard InChI is InChI=1S/C12H14BrN/c1-4-10-12(13)9-6-5-8(2)7-11(9)14(10)3/h5-7H,4H2,1-3H3. The molecular formula is C12H14BrN. The van der Waals surface area contributed by atoms with Crippen LogP contribution in [0.4, 0.5) is 0 Å². The van der Waals surface area contributed by atoms with Gasteiger partial charge in [-0.05, 0) is 40.9 Å². The SMILES string of the molecule is CCc1c(Br)c2ccc(C)cc2n1C. The number of fused-ring (bicyclic) bond motifs is 1. The smallest absolute Gasteiger partial charge is 0.0494 e. The lowest BCUT2D eigenvalue weighted by molar-refractivity contribution is 0.860. The number of hydrogen-bond acceptors (Lipinski definition) is 0. The highest BCUT2D eigenvalue weighted by molar-refractivity contribution is 9.10. The average molecular weight is 252 g/mol. The number of aromatic nitrogens is 1. The molecule has 0 aliphatic heterocycles. The summed E-state index contributed by atoms with van der Waals surface area (Å²) >= 11 is 3.67. The fourth-order valence-corrected chi connectivity index (χ4v) is 2.83. The van der Waals surface area contributed by atoms with Gasteiger partial charge < -0.3 is 4.57 Å². The zero-order chi connectivity index (χ0) is 10.3. The van der Waals surface area contributed by atoms with Crippen LogP contribution in [0.5, 0.6) is 0 Å². The summed E-state index contributed by atoms with van der Waals surface area (Å²) in [6.07, 6.45) is 1.06. The van der Waals surface area contributed by atoms with E-state index in [-0.39, 0.29) is 0 Å². The maximum absolute atomic E-state index is 3.67. The Hall–Kier alpha value is -0.760. The molecular weight excluding hydrogens is 238 g/mol. The van der Waals surface area contributed by atoms with Crippen LogP contribution in [0.2, 0.25) is 0 Å². The molecule has 0 aliphatic carbocycles. The minimum Gasteiger partial charge on any atom is -0.347 e. The molecule has 2 aromatic rings. The van der Waals surface area contributed by atoms with E-state index in [0.717, 1.165) is 6.42 Å². The van der Waals surface area contributed by atoms with Crippen LogP contribution in [0.1, 0.15) is 18.2 Å². The van der Waals surface area contributed by atoms with Gasteiger partial charge in [0, 0.05) is 28.1 Å². The number of benzene rings is 1. The van der Waals surface area contributed by atoms with E-state index in [0.29, 0.717) is 0 Å². The predicted octanol–water partition coefficient (Wildman–Crippen LogP) is 3.81. The second-order valence-corrected chi connectivity index (χ2v) is 4.49. The monoisotopic (exact) mass is 251 g/mol. The number of hydrogen-bond donors (Lipinski definition) is 0. The van der Waals surface area contributed by atoms with Crippen LogP contribution in [0.3, 0.4) is 0 Å². The Morgan fingerprint density at radius 3 is 2.71 bits per heavy atom. The Morgan fingerprint density at radius 1 is 1.36 bits per heavy atom. The molecule has 1 heterocycles. The van der Waals surface area contributed by atoms with Gasteiger partial charge in [-0.25, -0.2) is 0 Å². The van der Waals surface area contributed by atoms with Crippen molar-refractivity contribution in [1.29, 1.82) is 0 Å². The topological polar surface area (TPSA) is 4.93 Å². The molecule has 0 N–H and O–H groups in total. The Balaban J connectivity index is 2.87. The van der Waals surface area contributed by atoms with Crippen molar-refractivity contribution in [3.05, 3.63) is 33.9 Å². The highest BCUT2D eigenvalue weighted by Gasteiger charge is 2.10. The third-order valence-corrected chi connectivity index (χ3v) is 3.63. The summed E-state index contributed by atoms with van der Waals surface area (Å²) in [4.78, 5) is 0. The van der Waals surface area contributed by atoms with Gasteiger partial charge in [0.05, 0.1) is 0 Å². The van der Waals surface area contributed by atoms with Gasteiger partial charge in [-0.1, -0.05) is 19.1 Å². The van der Waals surface area contributed by atoms with Crippen molar-refractivity contribution in [3.63, 3.8) is 0 Å². The molecule has 0 unspecified atom stereocenters. The largest absolute Gasteiger partial charge is 0.347 e. The quantitative estimate of drug-likeness (QED) is 0.727. The van der Waals surface area contributed by atoms with Crippen molar-refractivity contribution >= 4 is 26.8 Å². The number of nitrogens with zero attached hydrogens (tertiary/aromatic N) is 1. The summed E-state index contributed by atoms with van der Waals surface area (Å²) in [5.41, 5.74) is 3.99. The Kier molecular flexibility index (Phi) is 2.40. The van der Waals surface area contributed by atoms with Gasteiger partial charge in [0.2, 0.25) is 0 Å². The van der Waals surface area contributed by atoms with Crippen LogP contribution in [0, 0.1) is 6.92 Å². The van der Waals surface area contributed by atoms with Crippen LogP contribution in [-0.4, -0.2) is 4.57 Å². The highest BCUT2D eigenvalue weighted by atomic mass is 79.9. The van der Waals surface area contributed by atoms with Gasteiger partial charge in [-0.3, -0.25) is 0 Å². The molecule has 0 atom stereocenters. The van der Waals surface area contributed by atoms with E-state index < -0.39 is 0 Å². The van der Waals surface area contributed by atoms with Crippen molar-refractivity contribution in [3.8, 4) is 0 Å². The first kappa shape index (κ1) is 9.78. The molecule has 1 aromatic heterocycles. The van der Waals surface area contributed by atoms with Gasteiger partial charge in [0.25, 0.3) is 0 Å². The maximum Gasteiger partial charge on any atom is 0.0494 e. The molecule has 0 spiro atoms. The van der Waals surface area contributed by atoms with Gasteiger partial charge in [0.15, 0.2) is 0 Å². The molecule has 2 rings (SSSR count). The molecule has 74 valence electrons. The first-order valence-electron chi connectivity index (χ1n) is 4.88. The third-order valence-electron chi connectivity index (χ3n) is 2.74. The van der Waals surface area contributed by atoms with E-state index in [1.54, 1.807) is 0 Å². The Morgan fingerprint density at radius 2 is 2.07 bits per heavy atom. The third kappa shape index (κ3) is 1.29. The van der Waals surface area contributed by atoms with Crippen molar-refractivity contribution in [2.45, 2.75) is 20.3 Å². The van der Waals surface area contributed by atoms with Gasteiger partial charge in [-0.2, -0.15) is 0 Å². The van der Waals surface area contributed by atoms with Gasteiger partial charge in [0.1, 0.15) is 0 Å². The van der Waals surface area contributed by atoms with Crippen LogP contribution in [0.15, 0.2) is 22.7 Å². The molecule has 1 aromatic carbocycles. The number of halogens is 1. The van der Waals surface area contributed by atoms with Crippen molar-refractivity contribution in [2.24, 2.45) is 7.05 Å². The molecule has 0 bridgehead atoms. The zero-order valence-corrected chi connectivity index (χ0v) is 10.4. The molecule has 0 saturated heterocycles. The molecule has 0 fully saturated rings. The predicted molar refractivity (Wildman–Crippen MR) is 64.7 cm³/mol. The lowest BCUT2D eigenvalue weighted by Gasteiger charge is -2.01. The summed E-state index contributed by atoms with van der Waals surface area (Å²) in [6.45, 7) is 4.32. The summed E-state index contributed by atoms with van der Waals surface area (Å²) in [5, 5.41) is 1.31. The van der Waals surface area contributed by atoms with Crippen LogP contribution >= 0.6 is 15.9 Å². The number of aryl methyl sites for hydroxylation is 2. The van der Waals surface area contributed by atoms with Crippen molar-refractivity contribution in [2.75, 3.05) is 0 Å². The normalized spacial score (nSPS) is 11.1. The fourth-order valence-electron chi connectivity index (χ4n) is 1.95. The zero-order valence-electron chi connectivity index (χ0n) is 8.76. The van der Waals surface area contributed by atoms with E-state index in [2.05, 4.69) is 59.6 Å². The van der Waals surface area contributed by atoms with Gasteiger partial charge >= 0.3 is 0 Å². The van der Waals surface area contributed by atoms with E-state index in [9.17, 15) is 0 Å². The summed E-state index contributed by atoms with van der Waals surface area (Å²) in [5.74, 6) is 0. The maximum atomic E-state index is 3.67. The lowest BCUT2D eigenvalue weighted by atomic mass is 10.2.